The van der Waals surface area contributed by atoms with Crippen LogP contribution in [0.15, 0.2) is 41.3 Å². The highest BCUT2D eigenvalue weighted by molar-refractivity contribution is 7.98. The van der Waals surface area contributed by atoms with Crippen molar-refractivity contribution >= 4 is 23.6 Å². The summed E-state index contributed by atoms with van der Waals surface area (Å²) < 4.78 is 11.0. The molecule has 35 heavy (non-hydrogen) atoms. The van der Waals surface area contributed by atoms with Crippen molar-refractivity contribution < 1.29 is 19.1 Å². The van der Waals surface area contributed by atoms with Gasteiger partial charge in [-0.15, -0.1) is 11.8 Å². The van der Waals surface area contributed by atoms with Gasteiger partial charge in [0.2, 0.25) is 5.91 Å². The van der Waals surface area contributed by atoms with Gasteiger partial charge in [-0.2, -0.15) is 0 Å². The summed E-state index contributed by atoms with van der Waals surface area (Å²) in [6.45, 7) is 7.76. The number of likely N-dealkylation sites (N-methyl/N-ethyl adjacent to an activating group) is 1. The molecule has 2 amide bonds. The first kappa shape index (κ1) is 26.9. The molecule has 2 aromatic rings. The summed E-state index contributed by atoms with van der Waals surface area (Å²) in [7, 11) is 4.86. The van der Waals surface area contributed by atoms with E-state index < -0.39 is 12.0 Å². The van der Waals surface area contributed by atoms with Crippen LogP contribution in [0.3, 0.4) is 0 Å². The van der Waals surface area contributed by atoms with Crippen LogP contribution in [0.2, 0.25) is 0 Å². The van der Waals surface area contributed by atoms with Gasteiger partial charge in [-0.3, -0.25) is 9.59 Å². The average molecular weight is 500 g/mol. The lowest BCUT2D eigenvalue weighted by molar-refractivity contribution is -0.124. The molecule has 2 unspecified atom stereocenters. The molecule has 1 heterocycles. The van der Waals surface area contributed by atoms with Crippen LogP contribution in [0.1, 0.15) is 53.7 Å². The number of hydrogen-bond acceptors (Lipinski definition) is 6. The largest absolute Gasteiger partial charge is 0.493 e. The Balaban J connectivity index is 2.00. The third kappa shape index (κ3) is 5.76. The van der Waals surface area contributed by atoms with Crippen LogP contribution in [0, 0.1) is 0 Å². The van der Waals surface area contributed by atoms with E-state index in [2.05, 4.69) is 24.1 Å². The van der Waals surface area contributed by atoms with E-state index in [-0.39, 0.29) is 11.8 Å². The number of ether oxygens (including phenoxy) is 2. The number of nitrogens with one attached hydrogen (secondary N) is 1. The van der Waals surface area contributed by atoms with Crippen molar-refractivity contribution in [1.29, 1.82) is 0 Å². The summed E-state index contributed by atoms with van der Waals surface area (Å²) in [5.74, 6) is 0.136. The number of nitrogens with zero attached hydrogens (tertiary/aromatic N) is 2. The zero-order valence-corrected chi connectivity index (χ0v) is 22.4. The zero-order valence-electron chi connectivity index (χ0n) is 21.6. The lowest BCUT2D eigenvalue weighted by atomic mass is 9.79. The molecular weight excluding hydrogens is 462 g/mol. The van der Waals surface area contributed by atoms with E-state index in [0.29, 0.717) is 29.2 Å². The molecule has 190 valence electrons. The Morgan fingerprint density at radius 2 is 1.71 bits per heavy atom. The summed E-state index contributed by atoms with van der Waals surface area (Å²) >= 11 is 1.66. The van der Waals surface area contributed by atoms with E-state index in [9.17, 15) is 9.59 Å². The average Bonchev–Trinajstić information content (AvgIpc) is 2.89. The fourth-order valence-electron chi connectivity index (χ4n) is 4.71. The Hall–Kier alpha value is -2.71. The van der Waals surface area contributed by atoms with Crippen LogP contribution in [0.4, 0.5) is 0 Å². The van der Waals surface area contributed by atoms with Gasteiger partial charge in [-0.25, -0.2) is 0 Å². The summed E-state index contributed by atoms with van der Waals surface area (Å²) in [6, 6.07) is 11.1. The summed E-state index contributed by atoms with van der Waals surface area (Å²) in [5.41, 5.74) is 2.04. The van der Waals surface area contributed by atoms with Gasteiger partial charge < -0.3 is 24.6 Å². The number of amides is 2. The van der Waals surface area contributed by atoms with Crippen molar-refractivity contribution in [3.63, 3.8) is 0 Å². The predicted molar refractivity (Wildman–Crippen MR) is 141 cm³/mol. The number of rotatable bonds is 11. The van der Waals surface area contributed by atoms with Crippen LogP contribution in [-0.4, -0.2) is 75.3 Å². The van der Waals surface area contributed by atoms with Gasteiger partial charge in [-0.05, 0) is 67.7 Å². The predicted octanol–water partition coefficient (Wildman–Crippen LogP) is 4.18. The molecule has 1 aliphatic rings. The Morgan fingerprint density at radius 1 is 1.09 bits per heavy atom. The fraction of sp³-hybridized carbons (Fsp3) is 0.481. The SMILES string of the molecule is CCN(CC)CCCNC(=O)C1c2cc(OC)c(OC)cc2C(=O)N(C)C1c1ccc(SC)cc1. The van der Waals surface area contributed by atoms with Crippen LogP contribution >= 0.6 is 11.8 Å². The first-order valence-corrected chi connectivity index (χ1v) is 13.3. The number of thioether (sulfide) groups is 1. The van der Waals surface area contributed by atoms with Gasteiger partial charge in [0.1, 0.15) is 0 Å². The maximum atomic E-state index is 13.7. The monoisotopic (exact) mass is 499 g/mol. The van der Waals surface area contributed by atoms with E-state index in [1.165, 1.54) is 7.11 Å². The topological polar surface area (TPSA) is 71.1 Å². The number of carbonyl (C=O) groups excluding carboxylic acids is 2. The Labute approximate surface area is 213 Å². The molecule has 1 aliphatic heterocycles. The molecule has 2 atom stereocenters. The van der Waals surface area contributed by atoms with Crippen molar-refractivity contribution in [1.82, 2.24) is 15.1 Å². The smallest absolute Gasteiger partial charge is 0.254 e. The van der Waals surface area contributed by atoms with Crippen LogP contribution in [0.5, 0.6) is 11.5 Å². The molecule has 0 saturated heterocycles. The first-order valence-electron chi connectivity index (χ1n) is 12.1. The first-order chi connectivity index (χ1) is 16.9. The molecule has 0 aromatic heterocycles. The molecule has 3 rings (SSSR count). The minimum atomic E-state index is -0.582. The summed E-state index contributed by atoms with van der Waals surface area (Å²) in [4.78, 5) is 32.3. The second-order valence-electron chi connectivity index (χ2n) is 8.58. The molecule has 0 aliphatic carbocycles. The van der Waals surface area contributed by atoms with Crippen molar-refractivity contribution in [2.24, 2.45) is 0 Å². The molecule has 7 nitrogen and oxygen atoms in total. The highest BCUT2D eigenvalue weighted by Crippen LogP contribution is 2.45. The third-order valence-electron chi connectivity index (χ3n) is 6.76. The van der Waals surface area contributed by atoms with Crippen molar-refractivity contribution in [3.05, 3.63) is 53.1 Å². The Kier molecular flexibility index (Phi) is 9.46. The Morgan fingerprint density at radius 3 is 2.29 bits per heavy atom. The molecule has 0 bridgehead atoms. The lowest BCUT2D eigenvalue weighted by Gasteiger charge is -2.40. The Bertz CT molecular complexity index is 1020. The van der Waals surface area contributed by atoms with Crippen LogP contribution < -0.4 is 14.8 Å². The standard InChI is InChI=1S/C27H37N3O4S/c1-7-30(8-2)15-9-14-28-26(31)24-20-16-22(33-4)23(34-5)17-21(20)27(32)29(3)25(24)18-10-12-19(35-6)13-11-18/h10-13,16-17,24-25H,7-9,14-15H2,1-6H3,(H,28,31). The van der Waals surface area contributed by atoms with Crippen LogP contribution in [0.25, 0.3) is 0 Å². The zero-order chi connectivity index (χ0) is 25.5. The van der Waals surface area contributed by atoms with Gasteiger partial charge in [0.25, 0.3) is 5.91 Å². The minimum absolute atomic E-state index is 0.101. The van der Waals surface area contributed by atoms with E-state index in [4.69, 9.17) is 9.47 Å². The number of carbonyl (C=O) groups is 2. The molecule has 2 aromatic carbocycles. The summed E-state index contributed by atoms with van der Waals surface area (Å²) in [6.07, 6.45) is 2.89. The number of benzene rings is 2. The number of hydrogen-bond donors (Lipinski definition) is 1. The molecule has 0 spiro atoms. The van der Waals surface area contributed by atoms with Crippen molar-refractivity contribution in [2.75, 3.05) is 53.7 Å². The molecule has 0 saturated carbocycles. The molecule has 1 N–H and O–H groups in total. The second-order valence-corrected chi connectivity index (χ2v) is 9.46. The maximum Gasteiger partial charge on any atom is 0.254 e. The quantitative estimate of drug-likeness (QED) is 0.369. The highest BCUT2D eigenvalue weighted by atomic mass is 32.2. The molecule has 0 radical (unpaired) electrons. The van der Waals surface area contributed by atoms with Crippen molar-refractivity contribution in [3.8, 4) is 11.5 Å². The number of methoxy groups -OCH3 is 2. The highest BCUT2D eigenvalue weighted by Gasteiger charge is 2.43. The van der Waals surface area contributed by atoms with Gasteiger partial charge in [-0.1, -0.05) is 26.0 Å². The summed E-state index contributed by atoms with van der Waals surface area (Å²) in [5, 5.41) is 3.14. The normalized spacial score (nSPS) is 17.3. The van der Waals surface area contributed by atoms with E-state index in [1.807, 2.05) is 30.5 Å². The van der Waals surface area contributed by atoms with Gasteiger partial charge in [0.15, 0.2) is 11.5 Å². The maximum absolute atomic E-state index is 13.7. The second kappa shape index (κ2) is 12.3. The third-order valence-corrected chi connectivity index (χ3v) is 7.50. The molecule has 8 heteroatoms. The molecular formula is C27H37N3O4S. The minimum Gasteiger partial charge on any atom is -0.493 e. The van der Waals surface area contributed by atoms with Crippen LogP contribution in [-0.2, 0) is 4.79 Å². The van der Waals surface area contributed by atoms with Crippen molar-refractivity contribution in [2.45, 2.75) is 37.1 Å². The fourth-order valence-corrected chi connectivity index (χ4v) is 5.12. The van der Waals surface area contributed by atoms with E-state index >= 15 is 0 Å². The molecule has 0 fully saturated rings. The number of fused-ring (bicyclic) bond motifs is 1. The van der Waals surface area contributed by atoms with Gasteiger partial charge in [0.05, 0.1) is 26.2 Å². The lowest BCUT2D eigenvalue weighted by Crippen LogP contribution is -2.46. The van der Waals surface area contributed by atoms with E-state index in [1.54, 1.807) is 43.0 Å². The van der Waals surface area contributed by atoms with Gasteiger partial charge in [0, 0.05) is 24.1 Å². The van der Waals surface area contributed by atoms with Gasteiger partial charge >= 0.3 is 0 Å². The van der Waals surface area contributed by atoms with E-state index in [0.717, 1.165) is 36.5 Å².